The van der Waals surface area contributed by atoms with Crippen LogP contribution in [0.2, 0.25) is 0 Å². The number of benzene rings is 1. The maximum atomic E-state index is 12.6. The molecule has 21 heavy (non-hydrogen) atoms. The van der Waals surface area contributed by atoms with Crippen LogP contribution in [0.5, 0.6) is 0 Å². The number of rotatable bonds is 3. The fourth-order valence-corrected chi connectivity index (χ4v) is 2.70. The summed E-state index contributed by atoms with van der Waals surface area (Å²) in [5.41, 5.74) is 0.930. The summed E-state index contributed by atoms with van der Waals surface area (Å²) in [6.45, 7) is 0.596. The lowest BCUT2D eigenvalue weighted by Gasteiger charge is -2.24. The first-order valence-electron chi connectivity index (χ1n) is 7.30. The van der Waals surface area contributed by atoms with E-state index in [1.807, 2.05) is 6.07 Å². The van der Waals surface area contributed by atoms with Crippen LogP contribution >= 0.6 is 0 Å². The van der Waals surface area contributed by atoms with E-state index in [9.17, 15) is 9.59 Å². The van der Waals surface area contributed by atoms with Crippen LogP contribution < -0.4 is 5.32 Å². The Hall–Kier alpha value is -2.35. The van der Waals surface area contributed by atoms with E-state index in [1.165, 1.54) is 0 Å². The number of carbonyl (C=O) groups is 2. The molecule has 2 amide bonds. The predicted molar refractivity (Wildman–Crippen MR) is 76.4 cm³/mol. The van der Waals surface area contributed by atoms with Crippen LogP contribution in [0, 0.1) is 11.3 Å². The summed E-state index contributed by atoms with van der Waals surface area (Å²) in [5.74, 6) is -0.208. The Morgan fingerprint density at radius 1 is 1.29 bits per heavy atom. The Balaban J connectivity index is 1.75. The summed E-state index contributed by atoms with van der Waals surface area (Å²) in [5, 5.41) is 11.9. The van der Waals surface area contributed by atoms with Crippen molar-refractivity contribution in [1.82, 2.24) is 10.2 Å². The van der Waals surface area contributed by atoms with E-state index in [4.69, 9.17) is 5.26 Å². The highest BCUT2D eigenvalue weighted by molar-refractivity contribution is 5.98. The maximum Gasteiger partial charge on any atom is 0.254 e. The SMILES string of the molecule is N#Cc1cccc(C(=O)N2CCCC2C(=O)NC2CC2)c1. The number of hydrogen-bond acceptors (Lipinski definition) is 3. The molecule has 2 fully saturated rings. The van der Waals surface area contributed by atoms with Gasteiger partial charge in [0.15, 0.2) is 0 Å². The Kier molecular flexibility index (Phi) is 3.61. The molecule has 0 spiro atoms. The highest BCUT2D eigenvalue weighted by Crippen LogP contribution is 2.23. The van der Waals surface area contributed by atoms with Crippen LogP contribution in [-0.4, -0.2) is 35.3 Å². The zero-order chi connectivity index (χ0) is 14.8. The molecule has 3 rings (SSSR count). The highest BCUT2D eigenvalue weighted by Gasteiger charge is 2.36. The molecule has 5 nitrogen and oxygen atoms in total. The molecular formula is C16H17N3O2. The molecule has 1 atom stereocenters. The molecule has 1 aromatic rings. The number of nitriles is 1. The summed E-state index contributed by atoms with van der Waals surface area (Å²) in [6, 6.07) is 8.59. The van der Waals surface area contributed by atoms with Gasteiger partial charge in [-0.15, -0.1) is 0 Å². The average Bonchev–Trinajstić information content (AvgIpc) is 3.18. The quantitative estimate of drug-likeness (QED) is 0.912. The number of carbonyl (C=O) groups excluding carboxylic acids is 2. The van der Waals surface area contributed by atoms with Gasteiger partial charge in [-0.3, -0.25) is 9.59 Å². The largest absolute Gasteiger partial charge is 0.352 e. The smallest absolute Gasteiger partial charge is 0.254 e. The zero-order valence-electron chi connectivity index (χ0n) is 11.7. The first kappa shape index (κ1) is 13.6. The lowest BCUT2D eigenvalue weighted by atomic mass is 10.1. The molecule has 108 valence electrons. The van der Waals surface area contributed by atoms with E-state index in [1.54, 1.807) is 29.2 Å². The minimum atomic E-state index is -0.371. The molecule has 1 heterocycles. The minimum Gasteiger partial charge on any atom is -0.352 e. The molecule has 1 aromatic carbocycles. The molecule has 1 saturated heterocycles. The van der Waals surface area contributed by atoms with Crippen LogP contribution in [0.1, 0.15) is 41.6 Å². The van der Waals surface area contributed by atoms with Gasteiger partial charge in [0.05, 0.1) is 11.6 Å². The monoisotopic (exact) mass is 283 g/mol. The topological polar surface area (TPSA) is 73.2 Å². The average molecular weight is 283 g/mol. The molecule has 1 unspecified atom stereocenters. The van der Waals surface area contributed by atoms with Crippen molar-refractivity contribution in [1.29, 1.82) is 5.26 Å². The van der Waals surface area contributed by atoms with E-state index >= 15 is 0 Å². The van der Waals surface area contributed by atoms with E-state index in [2.05, 4.69) is 5.32 Å². The molecule has 1 aliphatic heterocycles. The number of nitrogens with zero attached hydrogens (tertiary/aromatic N) is 2. The van der Waals surface area contributed by atoms with Gasteiger partial charge in [-0.05, 0) is 43.9 Å². The van der Waals surface area contributed by atoms with E-state index in [0.29, 0.717) is 30.1 Å². The number of likely N-dealkylation sites (tertiary alicyclic amines) is 1. The van der Waals surface area contributed by atoms with E-state index < -0.39 is 0 Å². The standard InChI is InChI=1S/C16H17N3O2/c17-10-11-3-1-4-12(9-11)16(21)19-8-2-5-14(19)15(20)18-13-6-7-13/h1,3-4,9,13-14H,2,5-8H2,(H,18,20). The van der Waals surface area contributed by atoms with Gasteiger partial charge in [-0.25, -0.2) is 0 Å². The van der Waals surface area contributed by atoms with Crippen molar-refractivity contribution in [2.45, 2.75) is 37.8 Å². The summed E-state index contributed by atoms with van der Waals surface area (Å²) in [7, 11) is 0. The van der Waals surface area contributed by atoms with Crippen molar-refractivity contribution in [3.63, 3.8) is 0 Å². The van der Waals surface area contributed by atoms with Crippen molar-refractivity contribution < 1.29 is 9.59 Å². The predicted octanol–water partition coefficient (Wildman–Crippen LogP) is 1.44. The third-order valence-electron chi connectivity index (χ3n) is 3.98. The third kappa shape index (κ3) is 2.89. The van der Waals surface area contributed by atoms with Crippen LogP contribution in [-0.2, 0) is 4.79 Å². The molecule has 5 heteroatoms. The molecule has 0 aromatic heterocycles. The Morgan fingerprint density at radius 2 is 2.10 bits per heavy atom. The van der Waals surface area contributed by atoms with Crippen LogP contribution in [0.15, 0.2) is 24.3 Å². The second-order valence-electron chi connectivity index (χ2n) is 5.63. The van der Waals surface area contributed by atoms with Gasteiger partial charge in [0, 0.05) is 18.2 Å². The summed E-state index contributed by atoms with van der Waals surface area (Å²) >= 11 is 0. The van der Waals surface area contributed by atoms with Gasteiger partial charge in [-0.1, -0.05) is 6.07 Å². The normalized spacial score (nSPS) is 20.9. The first-order chi connectivity index (χ1) is 10.2. The van der Waals surface area contributed by atoms with E-state index in [-0.39, 0.29) is 17.9 Å². The van der Waals surface area contributed by atoms with Crippen molar-refractivity contribution in [3.05, 3.63) is 35.4 Å². The lowest BCUT2D eigenvalue weighted by Crippen LogP contribution is -2.46. The lowest BCUT2D eigenvalue weighted by molar-refractivity contribution is -0.125. The zero-order valence-corrected chi connectivity index (χ0v) is 11.7. The van der Waals surface area contributed by atoms with E-state index in [0.717, 1.165) is 19.3 Å². The molecule has 2 aliphatic rings. The maximum absolute atomic E-state index is 12.6. The number of nitrogens with one attached hydrogen (secondary N) is 1. The van der Waals surface area contributed by atoms with Gasteiger partial charge in [0.2, 0.25) is 5.91 Å². The fourth-order valence-electron chi connectivity index (χ4n) is 2.70. The molecule has 1 aliphatic carbocycles. The molecule has 1 N–H and O–H groups in total. The summed E-state index contributed by atoms with van der Waals surface area (Å²) in [6.07, 6.45) is 3.63. The minimum absolute atomic E-state index is 0.0419. The summed E-state index contributed by atoms with van der Waals surface area (Å²) < 4.78 is 0. The van der Waals surface area contributed by atoms with Gasteiger partial charge in [0.25, 0.3) is 5.91 Å². The number of amides is 2. The van der Waals surface area contributed by atoms with Gasteiger partial charge in [0.1, 0.15) is 6.04 Å². The van der Waals surface area contributed by atoms with Crippen LogP contribution in [0.4, 0.5) is 0 Å². The molecular weight excluding hydrogens is 266 g/mol. The Bertz CT molecular complexity index is 616. The number of hydrogen-bond donors (Lipinski definition) is 1. The van der Waals surface area contributed by atoms with Crippen molar-refractivity contribution >= 4 is 11.8 Å². The first-order valence-corrected chi connectivity index (χ1v) is 7.30. The second kappa shape index (κ2) is 5.57. The van der Waals surface area contributed by atoms with Gasteiger partial charge < -0.3 is 10.2 Å². The van der Waals surface area contributed by atoms with Crippen molar-refractivity contribution in [2.24, 2.45) is 0 Å². The fraction of sp³-hybridized carbons (Fsp3) is 0.438. The molecule has 0 bridgehead atoms. The molecule has 0 radical (unpaired) electrons. The Labute approximate surface area is 123 Å². The van der Waals surface area contributed by atoms with Gasteiger partial charge >= 0.3 is 0 Å². The van der Waals surface area contributed by atoms with Crippen molar-refractivity contribution in [2.75, 3.05) is 6.54 Å². The second-order valence-corrected chi connectivity index (χ2v) is 5.63. The summed E-state index contributed by atoms with van der Waals surface area (Å²) in [4.78, 5) is 26.4. The van der Waals surface area contributed by atoms with Crippen LogP contribution in [0.25, 0.3) is 0 Å². The van der Waals surface area contributed by atoms with Crippen LogP contribution in [0.3, 0.4) is 0 Å². The Morgan fingerprint density at radius 3 is 2.81 bits per heavy atom. The van der Waals surface area contributed by atoms with Gasteiger partial charge in [-0.2, -0.15) is 5.26 Å². The highest BCUT2D eigenvalue weighted by atomic mass is 16.2. The molecule has 1 saturated carbocycles. The third-order valence-corrected chi connectivity index (χ3v) is 3.98. The van der Waals surface area contributed by atoms with Crippen molar-refractivity contribution in [3.8, 4) is 6.07 Å².